The average molecular weight is 344 g/mol. The first-order valence-electron chi connectivity index (χ1n) is 9.13. The maximum atomic E-state index is 12.1. The number of para-hydroxylation sites is 1. The molecule has 1 N–H and O–H groups in total. The van der Waals surface area contributed by atoms with Crippen LogP contribution in [0, 0.1) is 5.92 Å². The first-order valence-corrected chi connectivity index (χ1v) is 9.13. The van der Waals surface area contributed by atoms with Gasteiger partial charge in [-0.15, -0.1) is 0 Å². The Bertz CT molecular complexity index is 565. The number of hydrogen-bond donors (Lipinski definition) is 1. The second-order valence-corrected chi connectivity index (χ2v) is 4.31. The molecular formula is C22H33NO2. The van der Waals surface area contributed by atoms with Crippen molar-refractivity contribution in [3.05, 3.63) is 66.2 Å². The van der Waals surface area contributed by atoms with Gasteiger partial charge in [0.15, 0.2) is 5.78 Å². The molecule has 0 saturated carbocycles. The summed E-state index contributed by atoms with van der Waals surface area (Å²) < 4.78 is 0. The van der Waals surface area contributed by atoms with E-state index in [0.717, 1.165) is 0 Å². The normalized spacial score (nSPS) is 9.56. The van der Waals surface area contributed by atoms with Gasteiger partial charge in [-0.1, -0.05) is 90.1 Å². The van der Waals surface area contributed by atoms with Crippen LogP contribution < -0.4 is 5.32 Å². The third-order valence-electron chi connectivity index (χ3n) is 2.89. The van der Waals surface area contributed by atoms with E-state index in [1.165, 1.54) is 0 Å². The number of amides is 1. The topological polar surface area (TPSA) is 46.2 Å². The Morgan fingerprint density at radius 3 is 1.56 bits per heavy atom. The number of benzene rings is 2. The lowest BCUT2D eigenvalue weighted by molar-refractivity contribution is -0.118. The lowest BCUT2D eigenvalue weighted by atomic mass is 9.98. The summed E-state index contributed by atoms with van der Waals surface area (Å²) in [6.45, 7) is 13.6. The van der Waals surface area contributed by atoms with E-state index in [0.29, 0.717) is 11.3 Å². The number of rotatable bonds is 4. The summed E-state index contributed by atoms with van der Waals surface area (Å²) in [5, 5.41) is 2.73. The third kappa shape index (κ3) is 9.46. The van der Waals surface area contributed by atoms with Gasteiger partial charge in [-0.3, -0.25) is 9.59 Å². The Morgan fingerprint density at radius 2 is 1.12 bits per heavy atom. The van der Waals surface area contributed by atoms with Crippen LogP contribution in [0.4, 0.5) is 5.69 Å². The van der Waals surface area contributed by atoms with Gasteiger partial charge < -0.3 is 5.32 Å². The van der Waals surface area contributed by atoms with Gasteiger partial charge in [0, 0.05) is 11.3 Å². The number of carbonyl (C=O) groups is 2. The zero-order valence-electron chi connectivity index (χ0n) is 16.7. The quantitative estimate of drug-likeness (QED) is 0.529. The molecule has 0 bridgehead atoms. The molecule has 138 valence electrons. The third-order valence-corrected chi connectivity index (χ3v) is 2.89. The first kappa shape index (κ1) is 24.8. The van der Waals surface area contributed by atoms with Crippen LogP contribution in [0.3, 0.4) is 0 Å². The molecule has 0 spiro atoms. The highest BCUT2D eigenvalue weighted by Crippen LogP contribution is 2.12. The van der Waals surface area contributed by atoms with Crippen LogP contribution in [0.1, 0.15) is 58.8 Å². The van der Waals surface area contributed by atoms with E-state index in [1.54, 1.807) is 43.3 Å². The van der Waals surface area contributed by atoms with E-state index >= 15 is 0 Å². The Hall–Kier alpha value is -2.42. The molecule has 2 aromatic rings. The fourth-order valence-corrected chi connectivity index (χ4v) is 1.74. The van der Waals surface area contributed by atoms with Crippen molar-refractivity contribution in [3.63, 3.8) is 0 Å². The minimum absolute atomic E-state index is 0.172. The number of Topliss-reactive ketones (excluding diaryl/α,β-unsaturated/α-hetero) is 1. The Labute approximate surface area is 153 Å². The second kappa shape index (κ2) is 16.4. The lowest BCUT2D eigenvalue weighted by Gasteiger charge is -2.11. The van der Waals surface area contributed by atoms with Crippen LogP contribution in [-0.4, -0.2) is 11.7 Å². The largest absolute Gasteiger partial charge is 0.325 e. The Kier molecular flexibility index (Phi) is 16.3. The van der Waals surface area contributed by atoms with Gasteiger partial charge in [0.25, 0.3) is 0 Å². The number of ketones is 1. The van der Waals surface area contributed by atoms with E-state index < -0.39 is 5.92 Å². The molecule has 3 nitrogen and oxygen atoms in total. The molecule has 3 heteroatoms. The maximum Gasteiger partial charge on any atom is 0.235 e. The predicted molar refractivity (Wildman–Crippen MR) is 109 cm³/mol. The van der Waals surface area contributed by atoms with Gasteiger partial charge >= 0.3 is 0 Å². The highest BCUT2D eigenvalue weighted by molar-refractivity contribution is 6.13. The summed E-state index contributed by atoms with van der Waals surface area (Å²) in [5.41, 5.74) is 1.25. The highest BCUT2D eigenvalue weighted by atomic mass is 16.2. The second-order valence-electron chi connectivity index (χ2n) is 4.31. The SMILES string of the molecule is CC.CC.CC.CC(C(=O)Nc1ccccc1)C(=O)c1ccccc1. The Balaban J connectivity index is 0. The molecule has 0 aliphatic rings. The van der Waals surface area contributed by atoms with Crippen LogP contribution in [0.25, 0.3) is 0 Å². The molecule has 1 amide bonds. The van der Waals surface area contributed by atoms with Crippen LogP contribution in [0.5, 0.6) is 0 Å². The molecule has 0 heterocycles. The predicted octanol–water partition coefficient (Wildman–Crippen LogP) is 6.22. The molecular weight excluding hydrogens is 310 g/mol. The molecule has 0 fully saturated rings. The number of anilines is 1. The van der Waals surface area contributed by atoms with E-state index in [-0.39, 0.29) is 11.7 Å². The first-order chi connectivity index (χ1) is 12.2. The molecule has 2 aromatic carbocycles. The van der Waals surface area contributed by atoms with Crippen LogP contribution in [0.15, 0.2) is 60.7 Å². The van der Waals surface area contributed by atoms with Gasteiger partial charge in [-0.2, -0.15) is 0 Å². The fourth-order valence-electron chi connectivity index (χ4n) is 1.74. The van der Waals surface area contributed by atoms with E-state index in [4.69, 9.17) is 0 Å². The van der Waals surface area contributed by atoms with E-state index in [9.17, 15) is 9.59 Å². The van der Waals surface area contributed by atoms with E-state index in [1.807, 2.05) is 65.8 Å². The summed E-state index contributed by atoms with van der Waals surface area (Å²) in [4.78, 5) is 24.1. The van der Waals surface area contributed by atoms with Crippen LogP contribution >= 0.6 is 0 Å². The molecule has 0 aliphatic heterocycles. The van der Waals surface area contributed by atoms with Gasteiger partial charge in [0.05, 0.1) is 5.92 Å². The molecule has 0 radical (unpaired) electrons. The van der Waals surface area contributed by atoms with Crippen molar-refractivity contribution in [2.45, 2.75) is 48.5 Å². The average Bonchev–Trinajstić information content (AvgIpc) is 2.72. The van der Waals surface area contributed by atoms with Gasteiger partial charge in [0.2, 0.25) is 5.91 Å². The van der Waals surface area contributed by atoms with Crippen LogP contribution in [-0.2, 0) is 4.79 Å². The minimum atomic E-state index is -0.706. The number of hydrogen-bond acceptors (Lipinski definition) is 2. The van der Waals surface area contributed by atoms with Crippen molar-refractivity contribution < 1.29 is 9.59 Å². The van der Waals surface area contributed by atoms with E-state index in [2.05, 4.69) is 5.32 Å². The fraction of sp³-hybridized carbons (Fsp3) is 0.364. The summed E-state index contributed by atoms with van der Waals surface area (Å²) in [5.74, 6) is -1.17. The molecule has 0 aromatic heterocycles. The van der Waals surface area contributed by atoms with Crippen molar-refractivity contribution in [3.8, 4) is 0 Å². The molecule has 1 atom stereocenters. The van der Waals surface area contributed by atoms with Gasteiger partial charge in [-0.25, -0.2) is 0 Å². The van der Waals surface area contributed by atoms with Crippen molar-refractivity contribution in [2.75, 3.05) is 5.32 Å². The van der Waals surface area contributed by atoms with Crippen molar-refractivity contribution in [1.82, 2.24) is 0 Å². The highest BCUT2D eigenvalue weighted by Gasteiger charge is 2.22. The summed E-state index contributed by atoms with van der Waals surface area (Å²) >= 11 is 0. The standard InChI is InChI=1S/C16H15NO2.3C2H6/c1-12(15(18)13-8-4-2-5-9-13)16(19)17-14-10-6-3-7-11-14;3*1-2/h2-12H,1H3,(H,17,19);3*1-2H3. The molecule has 0 saturated heterocycles. The van der Waals surface area contributed by atoms with Crippen molar-refractivity contribution >= 4 is 17.4 Å². The zero-order valence-corrected chi connectivity index (χ0v) is 16.7. The van der Waals surface area contributed by atoms with Crippen LogP contribution in [0.2, 0.25) is 0 Å². The summed E-state index contributed by atoms with van der Waals surface area (Å²) in [6.07, 6.45) is 0. The molecule has 1 unspecified atom stereocenters. The number of nitrogens with one attached hydrogen (secondary N) is 1. The zero-order chi connectivity index (χ0) is 19.7. The summed E-state index contributed by atoms with van der Waals surface area (Å²) in [6, 6.07) is 18.0. The van der Waals surface area contributed by atoms with Crippen molar-refractivity contribution in [2.24, 2.45) is 5.92 Å². The molecule has 25 heavy (non-hydrogen) atoms. The monoisotopic (exact) mass is 343 g/mol. The van der Waals surface area contributed by atoms with Crippen molar-refractivity contribution in [1.29, 1.82) is 0 Å². The smallest absolute Gasteiger partial charge is 0.235 e. The molecule has 2 rings (SSSR count). The molecule has 0 aliphatic carbocycles. The van der Waals surface area contributed by atoms with Gasteiger partial charge in [0.1, 0.15) is 0 Å². The number of carbonyl (C=O) groups excluding carboxylic acids is 2. The lowest BCUT2D eigenvalue weighted by Crippen LogP contribution is -2.27. The summed E-state index contributed by atoms with van der Waals surface area (Å²) in [7, 11) is 0. The minimum Gasteiger partial charge on any atom is -0.325 e. The Morgan fingerprint density at radius 1 is 0.720 bits per heavy atom. The maximum absolute atomic E-state index is 12.1. The van der Waals surface area contributed by atoms with Gasteiger partial charge in [-0.05, 0) is 19.1 Å².